The maximum absolute atomic E-state index is 13.5. The van der Waals surface area contributed by atoms with Gasteiger partial charge in [-0.25, -0.2) is 0 Å². The molecule has 0 N–H and O–H groups in total. The number of ether oxygens (including phenoxy) is 3. The first-order valence-corrected chi connectivity index (χ1v) is 12.0. The molecule has 0 saturated heterocycles. The second-order valence-corrected chi connectivity index (χ2v) is 9.08. The Labute approximate surface area is 211 Å². The summed E-state index contributed by atoms with van der Waals surface area (Å²) in [5, 5.41) is 13.1. The van der Waals surface area contributed by atoms with Crippen molar-refractivity contribution < 1.29 is 28.7 Å². The molecule has 2 heterocycles. The van der Waals surface area contributed by atoms with E-state index in [9.17, 15) is 19.7 Å². The lowest BCUT2D eigenvalue weighted by Crippen LogP contribution is -2.43. The molecule has 0 aliphatic carbocycles. The Morgan fingerprint density at radius 1 is 1.06 bits per heavy atom. The van der Waals surface area contributed by atoms with Crippen molar-refractivity contribution in [3.8, 4) is 11.5 Å². The quantitative estimate of drug-likeness (QED) is 0.285. The van der Waals surface area contributed by atoms with E-state index in [0.29, 0.717) is 24.6 Å². The number of nitro benzene ring substituents is 1. The van der Waals surface area contributed by atoms with Crippen molar-refractivity contribution in [1.82, 2.24) is 9.80 Å². The Hall–Kier alpha value is -3.96. The number of amides is 2. The fourth-order valence-corrected chi connectivity index (χ4v) is 4.45. The largest absolute Gasteiger partial charge is 0.454 e. The van der Waals surface area contributed by atoms with Crippen LogP contribution in [0.15, 0.2) is 60.0 Å². The Kier molecular flexibility index (Phi) is 8.13. The molecule has 36 heavy (non-hydrogen) atoms. The first-order chi connectivity index (χ1) is 17.4. The lowest BCUT2D eigenvalue weighted by Gasteiger charge is -2.27. The average molecular weight is 512 g/mol. The topological polar surface area (TPSA) is 111 Å². The molecule has 0 bridgehead atoms. The molecule has 0 fully saturated rings. The van der Waals surface area contributed by atoms with E-state index in [2.05, 4.69) is 0 Å². The van der Waals surface area contributed by atoms with Gasteiger partial charge in [-0.1, -0.05) is 18.2 Å². The van der Waals surface area contributed by atoms with Gasteiger partial charge in [0.25, 0.3) is 11.6 Å². The van der Waals surface area contributed by atoms with E-state index < -0.39 is 10.8 Å². The molecular formula is C25H25N3O7S. The van der Waals surface area contributed by atoms with Crippen molar-refractivity contribution >= 4 is 28.8 Å². The number of fused-ring (bicyclic) bond motifs is 1. The van der Waals surface area contributed by atoms with E-state index >= 15 is 0 Å². The standard InChI is InChI=1S/C25H25N3O7S/c1-33-10-9-26(25(30)19-4-2-5-20(13-19)28(31)32)16-24(29)27(15-21-6-3-11-36-21)14-18-7-8-22-23(12-18)35-17-34-22/h2-8,11-13H,9-10,14-17H2,1H3. The summed E-state index contributed by atoms with van der Waals surface area (Å²) in [6.45, 7) is 0.984. The van der Waals surface area contributed by atoms with Crippen LogP contribution in [0.25, 0.3) is 0 Å². The monoisotopic (exact) mass is 511 g/mol. The number of benzene rings is 2. The third kappa shape index (κ3) is 6.18. The smallest absolute Gasteiger partial charge is 0.270 e. The van der Waals surface area contributed by atoms with Crippen LogP contribution in [-0.4, -0.2) is 60.1 Å². The summed E-state index contributed by atoms with van der Waals surface area (Å²) >= 11 is 1.54. The zero-order valence-electron chi connectivity index (χ0n) is 19.6. The molecule has 4 rings (SSSR count). The Morgan fingerprint density at radius 2 is 1.89 bits per heavy atom. The van der Waals surface area contributed by atoms with Crippen LogP contribution in [0.4, 0.5) is 5.69 Å². The van der Waals surface area contributed by atoms with E-state index in [1.54, 1.807) is 4.90 Å². The van der Waals surface area contributed by atoms with Gasteiger partial charge in [-0.05, 0) is 35.2 Å². The molecule has 0 saturated carbocycles. The molecule has 1 aromatic heterocycles. The van der Waals surface area contributed by atoms with E-state index in [1.807, 2.05) is 35.7 Å². The molecule has 0 unspecified atom stereocenters. The number of hydrogen-bond acceptors (Lipinski definition) is 8. The molecule has 188 valence electrons. The SMILES string of the molecule is COCCN(CC(=O)N(Cc1ccc2c(c1)OCO2)Cc1cccs1)C(=O)c1cccc([N+](=O)[O-])c1. The van der Waals surface area contributed by atoms with Gasteiger partial charge in [0.05, 0.1) is 18.1 Å². The Balaban J connectivity index is 1.55. The van der Waals surface area contributed by atoms with E-state index in [1.165, 1.54) is 47.6 Å². The fraction of sp³-hybridized carbons (Fsp3) is 0.280. The maximum Gasteiger partial charge on any atom is 0.270 e. The van der Waals surface area contributed by atoms with Gasteiger partial charge < -0.3 is 24.0 Å². The van der Waals surface area contributed by atoms with Crippen LogP contribution >= 0.6 is 11.3 Å². The van der Waals surface area contributed by atoms with Crippen LogP contribution in [0.3, 0.4) is 0 Å². The molecule has 0 spiro atoms. The minimum atomic E-state index is -0.560. The summed E-state index contributed by atoms with van der Waals surface area (Å²) in [5.41, 5.74) is 0.798. The molecule has 1 aliphatic rings. The molecular weight excluding hydrogens is 486 g/mol. The molecule has 0 atom stereocenters. The van der Waals surface area contributed by atoms with Crippen molar-refractivity contribution in [2.45, 2.75) is 13.1 Å². The lowest BCUT2D eigenvalue weighted by molar-refractivity contribution is -0.384. The highest BCUT2D eigenvalue weighted by Crippen LogP contribution is 2.33. The van der Waals surface area contributed by atoms with Crippen LogP contribution in [0.5, 0.6) is 11.5 Å². The minimum absolute atomic E-state index is 0.133. The van der Waals surface area contributed by atoms with Gasteiger partial charge in [0.15, 0.2) is 11.5 Å². The Morgan fingerprint density at radius 3 is 2.64 bits per heavy atom. The van der Waals surface area contributed by atoms with Gasteiger partial charge in [0, 0.05) is 42.8 Å². The number of methoxy groups -OCH3 is 1. The molecule has 0 radical (unpaired) electrons. The lowest BCUT2D eigenvalue weighted by atomic mass is 10.1. The number of hydrogen-bond donors (Lipinski definition) is 0. The number of carbonyl (C=O) groups excluding carboxylic acids is 2. The second kappa shape index (κ2) is 11.6. The number of rotatable bonds is 11. The van der Waals surface area contributed by atoms with E-state index in [-0.39, 0.29) is 43.6 Å². The molecule has 2 amide bonds. The molecule has 3 aromatic rings. The molecule has 2 aromatic carbocycles. The first kappa shape index (κ1) is 25.1. The summed E-state index contributed by atoms with van der Waals surface area (Å²) in [7, 11) is 1.50. The summed E-state index contributed by atoms with van der Waals surface area (Å²) in [5.74, 6) is 0.529. The van der Waals surface area contributed by atoms with Gasteiger partial charge >= 0.3 is 0 Å². The number of nitrogens with zero attached hydrogens (tertiary/aromatic N) is 3. The number of non-ortho nitro benzene ring substituents is 1. The summed E-state index contributed by atoms with van der Waals surface area (Å²) < 4.78 is 16.0. The van der Waals surface area contributed by atoms with Crippen LogP contribution in [-0.2, 0) is 22.6 Å². The van der Waals surface area contributed by atoms with E-state index in [0.717, 1.165) is 10.4 Å². The summed E-state index contributed by atoms with van der Waals surface area (Å²) in [4.78, 5) is 41.4. The van der Waals surface area contributed by atoms with Crippen LogP contribution in [0.1, 0.15) is 20.8 Å². The highest BCUT2D eigenvalue weighted by Gasteiger charge is 2.25. The van der Waals surface area contributed by atoms with E-state index in [4.69, 9.17) is 14.2 Å². The zero-order valence-corrected chi connectivity index (χ0v) is 20.4. The number of carbonyl (C=O) groups is 2. The van der Waals surface area contributed by atoms with Gasteiger partial charge in [-0.3, -0.25) is 19.7 Å². The third-order valence-electron chi connectivity index (χ3n) is 5.57. The van der Waals surface area contributed by atoms with Gasteiger partial charge in [-0.2, -0.15) is 0 Å². The highest BCUT2D eigenvalue weighted by atomic mass is 32.1. The number of thiophene rings is 1. The second-order valence-electron chi connectivity index (χ2n) is 8.04. The van der Waals surface area contributed by atoms with Gasteiger partial charge in [0.1, 0.15) is 6.54 Å². The van der Waals surface area contributed by atoms with Crippen molar-refractivity contribution in [3.63, 3.8) is 0 Å². The van der Waals surface area contributed by atoms with Gasteiger partial charge in [0.2, 0.25) is 12.7 Å². The maximum atomic E-state index is 13.5. The zero-order chi connectivity index (χ0) is 25.5. The van der Waals surface area contributed by atoms with Crippen LogP contribution in [0, 0.1) is 10.1 Å². The van der Waals surface area contributed by atoms with Crippen molar-refractivity contribution in [3.05, 3.63) is 86.1 Å². The predicted molar refractivity (Wildman–Crippen MR) is 132 cm³/mol. The molecule has 11 heteroatoms. The van der Waals surface area contributed by atoms with Crippen molar-refractivity contribution in [1.29, 1.82) is 0 Å². The summed E-state index contributed by atoms with van der Waals surface area (Å²) in [6, 6.07) is 14.9. The van der Waals surface area contributed by atoms with Crippen molar-refractivity contribution in [2.24, 2.45) is 0 Å². The highest BCUT2D eigenvalue weighted by molar-refractivity contribution is 7.09. The molecule has 10 nitrogen and oxygen atoms in total. The number of nitro groups is 1. The minimum Gasteiger partial charge on any atom is -0.454 e. The van der Waals surface area contributed by atoms with Crippen molar-refractivity contribution in [2.75, 3.05) is 33.6 Å². The molecule has 1 aliphatic heterocycles. The third-order valence-corrected chi connectivity index (χ3v) is 6.43. The van der Waals surface area contributed by atoms with Crippen LogP contribution < -0.4 is 9.47 Å². The first-order valence-electron chi connectivity index (χ1n) is 11.2. The predicted octanol–water partition coefficient (Wildman–Crippen LogP) is 3.70. The summed E-state index contributed by atoms with van der Waals surface area (Å²) in [6.07, 6.45) is 0. The van der Waals surface area contributed by atoms with Gasteiger partial charge in [-0.15, -0.1) is 11.3 Å². The Bertz CT molecular complexity index is 1230. The van der Waals surface area contributed by atoms with Crippen LogP contribution in [0.2, 0.25) is 0 Å². The fourth-order valence-electron chi connectivity index (χ4n) is 3.73. The average Bonchev–Trinajstić information content (AvgIpc) is 3.57. The normalized spacial score (nSPS) is 11.8.